The highest BCUT2D eigenvalue weighted by atomic mass is 32.1. The Morgan fingerprint density at radius 1 is 0.327 bits per heavy atom. The van der Waals surface area contributed by atoms with E-state index in [0.717, 1.165) is 44.0 Å². The minimum atomic E-state index is 0.652. The van der Waals surface area contributed by atoms with Gasteiger partial charge in [-0.2, -0.15) is 0 Å². The molecule has 2 aromatic heterocycles. The molecule has 3 nitrogen and oxygen atoms in total. The van der Waals surface area contributed by atoms with Gasteiger partial charge in [-0.3, -0.25) is 0 Å². The predicted molar refractivity (Wildman–Crippen MR) is 207 cm³/mol. The summed E-state index contributed by atoms with van der Waals surface area (Å²) >= 11 is 1.85. The van der Waals surface area contributed by atoms with Gasteiger partial charge < -0.3 is 0 Å². The number of nitrogens with zero attached hydrogens (tertiary/aromatic N) is 3. The van der Waals surface area contributed by atoms with E-state index in [-0.39, 0.29) is 0 Å². The molecule has 4 heteroatoms. The van der Waals surface area contributed by atoms with Crippen molar-refractivity contribution in [1.82, 2.24) is 15.0 Å². The molecule has 49 heavy (non-hydrogen) atoms. The number of thiophene rings is 1. The van der Waals surface area contributed by atoms with Crippen molar-refractivity contribution in [2.45, 2.75) is 0 Å². The quantitative estimate of drug-likeness (QED) is 0.192. The van der Waals surface area contributed by atoms with Crippen molar-refractivity contribution in [3.05, 3.63) is 164 Å². The van der Waals surface area contributed by atoms with Crippen molar-refractivity contribution >= 4 is 63.8 Å². The van der Waals surface area contributed by atoms with Gasteiger partial charge in [-0.25, -0.2) is 15.0 Å². The van der Waals surface area contributed by atoms with E-state index in [2.05, 4.69) is 146 Å². The van der Waals surface area contributed by atoms with Gasteiger partial charge in [-0.1, -0.05) is 133 Å². The van der Waals surface area contributed by atoms with Crippen LogP contribution in [0.5, 0.6) is 0 Å². The van der Waals surface area contributed by atoms with E-state index in [9.17, 15) is 0 Å². The van der Waals surface area contributed by atoms with Gasteiger partial charge in [-0.15, -0.1) is 11.3 Å². The number of hydrogen-bond acceptors (Lipinski definition) is 4. The summed E-state index contributed by atoms with van der Waals surface area (Å²) in [6, 6.07) is 58.1. The van der Waals surface area contributed by atoms with Crippen LogP contribution in [0.1, 0.15) is 0 Å². The maximum absolute atomic E-state index is 5.26. The first-order valence-electron chi connectivity index (χ1n) is 16.4. The maximum atomic E-state index is 5.26. The van der Waals surface area contributed by atoms with Crippen LogP contribution in [-0.4, -0.2) is 15.0 Å². The highest BCUT2D eigenvalue weighted by Crippen LogP contribution is 2.43. The first-order chi connectivity index (χ1) is 24.3. The lowest BCUT2D eigenvalue weighted by Crippen LogP contribution is -2.01. The topological polar surface area (TPSA) is 38.7 Å². The fourth-order valence-electron chi connectivity index (χ4n) is 7.14. The van der Waals surface area contributed by atoms with Crippen LogP contribution >= 0.6 is 11.3 Å². The maximum Gasteiger partial charge on any atom is 0.164 e. The molecule has 0 radical (unpaired) electrons. The average molecular weight is 642 g/mol. The third kappa shape index (κ3) is 4.68. The highest BCUT2D eigenvalue weighted by molar-refractivity contribution is 7.25. The van der Waals surface area contributed by atoms with Gasteiger partial charge >= 0.3 is 0 Å². The SMILES string of the molecule is c1ccc(-c2nc(-c3ccc4ccccc4c3-c3ccc4sc5cc6ccccc6cc5c4c3)nc(-c3cccc4ccccc34)n2)cc1. The highest BCUT2D eigenvalue weighted by Gasteiger charge is 2.19. The average Bonchev–Trinajstić information content (AvgIpc) is 3.53. The zero-order valence-electron chi connectivity index (χ0n) is 26.3. The third-order valence-electron chi connectivity index (χ3n) is 9.49. The number of aromatic nitrogens is 3. The fourth-order valence-corrected chi connectivity index (χ4v) is 8.26. The Morgan fingerprint density at radius 3 is 1.76 bits per heavy atom. The van der Waals surface area contributed by atoms with E-state index in [1.165, 1.54) is 36.3 Å². The van der Waals surface area contributed by atoms with Crippen molar-refractivity contribution < 1.29 is 0 Å². The summed E-state index contributed by atoms with van der Waals surface area (Å²) < 4.78 is 2.58. The summed E-state index contributed by atoms with van der Waals surface area (Å²) in [5.41, 5.74) is 5.17. The van der Waals surface area contributed by atoms with Crippen LogP contribution in [-0.2, 0) is 0 Å². The number of benzene rings is 8. The molecule has 0 aliphatic carbocycles. The molecule has 0 aliphatic rings. The van der Waals surface area contributed by atoms with Crippen molar-refractivity contribution in [3.8, 4) is 45.3 Å². The monoisotopic (exact) mass is 641 g/mol. The molecule has 0 bridgehead atoms. The molecule has 228 valence electrons. The molecular weight excluding hydrogens is 615 g/mol. The molecule has 0 N–H and O–H groups in total. The Kier molecular flexibility index (Phi) is 6.36. The Balaban J connectivity index is 1.25. The van der Waals surface area contributed by atoms with Gasteiger partial charge in [0, 0.05) is 42.4 Å². The van der Waals surface area contributed by atoms with Crippen LogP contribution in [0.3, 0.4) is 0 Å². The summed E-state index contributed by atoms with van der Waals surface area (Å²) in [6.07, 6.45) is 0. The minimum absolute atomic E-state index is 0.652. The first-order valence-corrected chi connectivity index (χ1v) is 17.3. The molecule has 0 saturated heterocycles. The van der Waals surface area contributed by atoms with E-state index < -0.39 is 0 Å². The molecular formula is C45H27N3S. The molecule has 0 aliphatic heterocycles. The molecule has 0 amide bonds. The van der Waals surface area contributed by atoms with Crippen LogP contribution in [0, 0.1) is 0 Å². The molecule has 0 saturated carbocycles. The largest absolute Gasteiger partial charge is 0.208 e. The van der Waals surface area contributed by atoms with E-state index in [1.54, 1.807) is 0 Å². The number of fused-ring (bicyclic) bond motifs is 6. The van der Waals surface area contributed by atoms with E-state index >= 15 is 0 Å². The van der Waals surface area contributed by atoms with E-state index in [0.29, 0.717) is 17.5 Å². The lowest BCUT2D eigenvalue weighted by molar-refractivity contribution is 1.08. The van der Waals surface area contributed by atoms with Gasteiger partial charge in [-0.05, 0) is 68.2 Å². The Bertz CT molecular complexity index is 2890. The Hall–Kier alpha value is -6.23. The minimum Gasteiger partial charge on any atom is -0.208 e. The van der Waals surface area contributed by atoms with Crippen LogP contribution in [0.15, 0.2) is 164 Å². The van der Waals surface area contributed by atoms with Crippen LogP contribution in [0.4, 0.5) is 0 Å². The molecule has 10 rings (SSSR count). The molecule has 0 atom stereocenters. The molecule has 0 fully saturated rings. The standard InChI is InChI=1S/C45H27N3S/c1-2-13-30(14-3-1)43-46-44(36-20-10-17-28-11-6-8-18-34(28)36)48-45(47-43)37-23-21-29-12-7-9-19-35(29)42(37)33-22-24-40-38(26-33)39-25-31-15-4-5-16-32(31)27-41(39)49-40/h1-27H. The number of hydrogen-bond donors (Lipinski definition) is 0. The molecule has 0 unspecified atom stereocenters. The van der Waals surface area contributed by atoms with Crippen molar-refractivity contribution in [1.29, 1.82) is 0 Å². The summed E-state index contributed by atoms with van der Waals surface area (Å²) in [5, 5.41) is 9.67. The Morgan fingerprint density at radius 2 is 0.939 bits per heavy atom. The van der Waals surface area contributed by atoms with Crippen molar-refractivity contribution in [2.75, 3.05) is 0 Å². The van der Waals surface area contributed by atoms with Gasteiger partial charge in [0.15, 0.2) is 17.5 Å². The van der Waals surface area contributed by atoms with Crippen molar-refractivity contribution in [3.63, 3.8) is 0 Å². The van der Waals surface area contributed by atoms with Crippen LogP contribution in [0.2, 0.25) is 0 Å². The smallest absolute Gasteiger partial charge is 0.164 e. The zero-order valence-corrected chi connectivity index (χ0v) is 27.2. The van der Waals surface area contributed by atoms with Gasteiger partial charge in [0.05, 0.1) is 0 Å². The summed E-state index contributed by atoms with van der Waals surface area (Å²) in [4.78, 5) is 15.5. The summed E-state index contributed by atoms with van der Waals surface area (Å²) in [7, 11) is 0. The zero-order chi connectivity index (χ0) is 32.3. The molecule has 0 spiro atoms. The Labute approximate surface area is 286 Å². The van der Waals surface area contributed by atoms with Crippen molar-refractivity contribution in [2.24, 2.45) is 0 Å². The lowest BCUT2D eigenvalue weighted by atomic mass is 9.92. The second-order valence-electron chi connectivity index (χ2n) is 12.4. The van der Waals surface area contributed by atoms with Crippen LogP contribution in [0.25, 0.3) is 97.8 Å². The molecule has 8 aromatic carbocycles. The predicted octanol–water partition coefficient (Wildman–Crippen LogP) is 12.4. The van der Waals surface area contributed by atoms with E-state index in [1.807, 2.05) is 29.5 Å². The second-order valence-corrected chi connectivity index (χ2v) is 13.5. The summed E-state index contributed by atoms with van der Waals surface area (Å²) in [5.74, 6) is 1.96. The molecule has 2 heterocycles. The second kappa shape index (κ2) is 11.2. The summed E-state index contributed by atoms with van der Waals surface area (Å²) in [6.45, 7) is 0. The van der Waals surface area contributed by atoms with Gasteiger partial charge in [0.2, 0.25) is 0 Å². The van der Waals surface area contributed by atoms with Gasteiger partial charge in [0.1, 0.15) is 0 Å². The molecule has 10 aromatic rings. The third-order valence-corrected chi connectivity index (χ3v) is 10.6. The number of rotatable bonds is 4. The lowest BCUT2D eigenvalue weighted by Gasteiger charge is -2.15. The normalized spacial score (nSPS) is 11.7. The fraction of sp³-hybridized carbons (Fsp3) is 0. The van der Waals surface area contributed by atoms with Gasteiger partial charge in [0.25, 0.3) is 0 Å². The van der Waals surface area contributed by atoms with Crippen LogP contribution < -0.4 is 0 Å². The van der Waals surface area contributed by atoms with E-state index in [4.69, 9.17) is 15.0 Å². The first kappa shape index (κ1) is 27.8.